The van der Waals surface area contributed by atoms with Gasteiger partial charge >= 0.3 is 6.18 Å². The monoisotopic (exact) mass is 323 g/mol. The van der Waals surface area contributed by atoms with Crippen LogP contribution < -0.4 is 11.5 Å². The molecule has 0 saturated carbocycles. The minimum absolute atomic E-state index is 0.0530. The van der Waals surface area contributed by atoms with Crippen molar-refractivity contribution in [2.45, 2.75) is 37.3 Å². The summed E-state index contributed by atoms with van der Waals surface area (Å²) in [7, 11) is 0. The predicted octanol–water partition coefficient (Wildman–Crippen LogP) is 2.63. The molecule has 0 aliphatic carbocycles. The quantitative estimate of drug-likeness (QED) is 0.616. The van der Waals surface area contributed by atoms with Crippen LogP contribution in [-0.4, -0.2) is 24.0 Å². The van der Waals surface area contributed by atoms with Crippen LogP contribution in [0.1, 0.15) is 19.4 Å². The summed E-state index contributed by atoms with van der Waals surface area (Å²) in [5.74, 6) is -0.944. The zero-order chi connectivity index (χ0) is 16.9. The third kappa shape index (κ3) is 2.34. The van der Waals surface area contributed by atoms with Gasteiger partial charge in [0.2, 0.25) is 6.10 Å². The molecule has 122 valence electrons. The molecule has 0 aromatic heterocycles. The highest BCUT2D eigenvalue weighted by Crippen LogP contribution is 2.50. The van der Waals surface area contributed by atoms with Crippen molar-refractivity contribution in [3.05, 3.63) is 29.6 Å². The lowest BCUT2D eigenvalue weighted by Gasteiger charge is -2.45. The molecule has 0 radical (unpaired) electrons. The molecule has 0 amide bonds. The number of anilines is 1. The normalized spacial score (nSPS) is 32.3. The van der Waals surface area contributed by atoms with Crippen molar-refractivity contribution in [3.8, 4) is 0 Å². The Bertz CT molecular complexity index is 629. The van der Waals surface area contributed by atoms with Gasteiger partial charge in [0.15, 0.2) is 5.67 Å². The lowest BCUT2D eigenvalue weighted by atomic mass is 9.74. The predicted molar refractivity (Wildman–Crippen MR) is 70.2 cm³/mol. The average molecular weight is 323 g/mol. The first-order chi connectivity index (χ1) is 9.89. The number of hydrogen-bond acceptors (Lipinski definition) is 4. The Morgan fingerprint density at radius 2 is 1.82 bits per heavy atom. The van der Waals surface area contributed by atoms with Crippen LogP contribution in [0.15, 0.2) is 23.2 Å². The first-order valence-electron chi connectivity index (χ1n) is 6.22. The van der Waals surface area contributed by atoms with E-state index in [1.165, 1.54) is 6.07 Å². The minimum atomic E-state index is -5.05. The summed E-state index contributed by atoms with van der Waals surface area (Å²) < 4.78 is 72.6. The van der Waals surface area contributed by atoms with Crippen LogP contribution in [-0.2, 0) is 10.3 Å². The molecular formula is C13H14F5N3O. The van der Waals surface area contributed by atoms with Crippen LogP contribution in [0.4, 0.5) is 27.6 Å². The van der Waals surface area contributed by atoms with E-state index in [2.05, 4.69) is 9.73 Å². The SMILES string of the molecule is CC1(c2cc(N)ccc2F)N=C(N)OC(C(F)(F)F)C1(C)F. The minimum Gasteiger partial charge on any atom is -0.449 e. The number of rotatable bonds is 1. The van der Waals surface area contributed by atoms with Crippen molar-refractivity contribution in [2.24, 2.45) is 10.7 Å². The van der Waals surface area contributed by atoms with Gasteiger partial charge in [0.05, 0.1) is 0 Å². The highest BCUT2D eigenvalue weighted by molar-refractivity contribution is 5.74. The summed E-state index contributed by atoms with van der Waals surface area (Å²) in [6, 6.07) is 2.28. The van der Waals surface area contributed by atoms with Crippen molar-refractivity contribution < 1.29 is 26.7 Å². The Hall–Kier alpha value is -2.06. The molecule has 3 unspecified atom stereocenters. The molecule has 1 aliphatic heterocycles. The van der Waals surface area contributed by atoms with Crippen molar-refractivity contribution in [1.82, 2.24) is 0 Å². The number of nitrogens with zero attached hydrogens (tertiary/aromatic N) is 1. The molecule has 0 saturated heterocycles. The highest BCUT2D eigenvalue weighted by atomic mass is 19.4. The number of alkyl halides is 4. The molecule has 1 aliphatic rings. The van der Waals surface area contributed by atoms with Gasteiger partial charge < -0.3 is 16.2 Å². The fourth-order valence-corrected chi connectivity index (χ4v) is 2.46. The summed E-state index contributed by atoms with van der Waals surface area (Å²) in [6.07, 6.45) is -7.94. The van der Waals surface area contributed by atoms with E-state index in [0.29, 0.717) is 6.92 Å². The first kappa shape index (κ1) is 16.3. The number of amidine groups is 1. The molecular weight excluding hydrogens is 309 g/mol. The van der Waals surface area contributed by atoms with Crippen molar-refractivity contribution in [3.63, 3.8) is 0 Å². The van der Waals surface area contributed by atoms with Crippen molar-refractivity contribution in [1.29, 1.82) is 0 Å². The van der Waals surface area contributed by atoms with E-state index in [-0.39, 0.29) is 5.69 Å². The maximum absolute atomic E-state index is 15.0. The fourth-order valence-electron chi connectivity index (χ4n) is 2.46. The van der Waals surface area contributed by atoms with E-state index in [1.54, 1.807) is 0 Å². The number of nitrogen functional groups attached to an aromatic ring is 1. The number of aliphatic imine (C=N–C) groups is 1. The number of ether oxygens (including phenoxy) is 1. The van der Waals surface area contributed by atoms with E-state index in [0.717, 1.165) is 19.1 Å². The van der Waals surface area contributed by atoms with Crippen LogP contribution in [0.2, 0.25) is 0 Å². The largest absolute Gasteiger partial charge is 0.449 e. The Morgan fingerprint density at radius 3 is 2.36 bits per heavy atom. The van der Waals surface area contributed by atoms with Gasteiger partial charge in [0.25, 0.3) is 6.02 Å². The van der Waals surface area contributed by atoms with Gasteiger partial charge in [-0.2, -0.15) is 13.2 Å². The van der Waals surface area contributed by atoms with E-state index in [4.69, 9.17) is 11.5 Å². The van der Waals surface area contributed by atoms with E-state index in [9.17, 15) is 17.6 Å². The maximum Gasteiger partial charge on any atom is 0.428 e. The number of hydrogen-bond donors (Lipinski definition) is 2. The number of benzene rings is 1. The van der Waals surface area contributed by atoms with Crippen molar-refractivity contribution >= 4 is 11.7 Å². The maximum atomic E-state index is 15.0. The van der Waals surface area contributed by atoms with E-state index < -0.39 is 40.9 Å². The number of nitrogens with two attached hydrogens (primary N) is 2. The van der Waals surface area contributed by atoms with Gasteiger partial charge in [-0.1, -0.05) is 0 Å². The fraction of sp³-hybridized carbons (Fsp3) is 0.462. The van der Waals surface area contributed by atoms with Gasteiger partial charge in [-0.25, -0.2) is 13.8 Å². The molecule has 9 heteroatoms. The van der Waals surface area contributed by atoms with Crippen LogP contribution in [0, 0.1) is 5.82 Å². The summed E-state index contributed by atoms with van der Waals surface area (Å²) in [6.45, 7) is 1.66. The molecule has 4 N–H and O–H groups in total. The second-order valence-electron chi connectivity index (χ2n) is 5.38. The third-order valence-electron chi connectivity index (χ3n) is 3.83. The molecule has 4 nitrogen and oxygen atoms in total. The molecule has 0 spiro atoms. The Balaban J connectivity index is 2.70. The van der Waals surface area contributed by atoms with Crippen LogP contribution in [0.3, 0.4) is 0 Å². The zero-order valence-electron chi connectivity index (χ0n) is 11.7. The Kier molecular flexibility index (Phi) is 3.50. The molecule has 1 aromatic rings. The van der Waals surface area contributed by atoms with Gasteiger partial charge in [-0.05, 0) is 32.0 Å². The van der Waals surface area contributed by atoms with Crippen LogP contribution >= 0.6 is 0 Å². The zero-order valence-corrected chi connectivity index (χ0v) is 11.7. The summed E-state index contributed by atoms with van der Waals surface area (Å²) in [5.41, 5.74) is 5.02. The highest BCUT2D eigenvalue weighted by Gasteiger charge is 2.66. The standard InChI is InChI=1S/C13H14F5N3O/c1-11(15)9(13(16,17)18)22-10(20)21-12(11,2)7-5-6(19)3-4-8(7)14/h3-5,9H,19H2,1-2H3,(H2,20,21). The van der Waals surface area contributed by atoms with Gasteiger partial charge in [0, 0.05) is 11.3 Å². The van der Waals surface area contributed by atoms with Crippen LogP contribution in [0.25, 0.3) is 0 Å². The lowest BCUT2D eigenvalue weighted by molar-refractivity contribution is -0.250. The van der Waals surface area contributed by atoms with Gasteiger partial charge in [-0.15, -0.1) is 0 Å². The second kappa shape index (κ2) is 4.72. The first-order valence-corrected chi connectivity index (χ1v) is 6.22. The molecule has 0 fully saturated rings. The second-order valence-corrected chi connectivity index (χ2v) is 5.38. The molecule has 3 atom stereocenters. The van der Waals surface area contributed by atoms with E-state index in [1.807, 2.05) is 0 Å². The van der Waals surface area contributed by atoms with E-state index >= 15 is 4.39 Å². The molecule has 2 rings (SSSR count). The Labute approximate surface area is 122 Å². The smallest absolute Gasteiger partial charge is 0.428 e. The summed E-state index contributed by atoms with van der Waals surface area (Å²) in [4.78, 5) is 3.60. The summed E-state index contributed by atoms with van der Waals surface area (Å²) >= 11 is 0. The van der Waals surface area contributed by atoms with Crippen molar-refractivity contribution in [2.75, 3.05) is 5.73 Å². The third-order valence-corrected chi connectivity index (χ3v) is 3.83. The summed E-state index contributed by atoms with van der Waals surface area (Å²) in [5, 5.41) is 0. The van der Waals surface area contributed by atoms with Gasteiger partial charge in [-0.3, -0.25) is 0 Å². The Morgan fingerprint density at radius 1 is 1.23 bits per heavy atom. The molecule has 1 heterocycles. The molecule has 0 bridgehead atoms. The average Bonchev–Trinajstić information content (AvgIpc) is 2.35. The molecule has 1 aromatic carbocycles. The van der Waals surface area contributed by atoms with Crippen LogP contribution in [0.5, 0.6) is 0 Å². The van der Waals surface area contributed by atoms with Gasteiger partial charge in [0.1, 0.15) is 11.4 Å². The molecule has 22 heavy (non-hydrogen) atoms. The topological polar surface area (TPSA) is 73.6 Å². The lowest BCUT2D eigenvalue weighted by Crippen LogP contribution is -2.62. The number of halogens is 5.